The van der Waals surface area contributed by atoms with Gasteiger partial charge in [-0.25, -0.2) is 4.39 Å². The molecule has 130 valence electrons. The number of nitrogens with one attached hydrogen (secondary N) is 1. The van der Waals surface area contributed by atoms with Crippen LogP contribution in [0.4, 0.5) is 4.39 Å². The van der Waals surface area contributed by atoms with Crippen LogP contribution >= 0.6 is 23.2 Å². The highest BCUT2D eigenvalue weighted by Crippen LogP contribution is 2.23. The van der Waals surface area contributed by atoms with Crippen LogP contribution in [0.5, 0.6) is 11.5 Å². The molecule has 0 aromatic heterocycles. The van der Waals surface area contributed by atoms with E-state index in [1.54, 1.807) is 12.1 Å². The lowest BCUT2D eigenvalue weighted by atomic mass is 10.1. The molecule has 2 aromatic carbocycles. The molecule has 0 heterocycles. The molecule has 2 aromatic rings. The zero-order valence-electron chi connectivity index (χ0n) is 12.8. The lowest BCUT2D eigenvalue weighted by Crippen LogP contribution is -2.32. The van der Waals surface area contributed by atoms with Crippen molar-refractivity contribution in [2.75, 3.05) is 19.7 Å². The number of ether oxygens (including phenoxy) is 1. The van der Waals surface area contributed by atoms with E-state index in [4.69, 9.17) is 33.0 Å². The zero-order valence-corrected chi connectivity index (χ0v) is 14.3. The first kappa shape index (κ1) is 18.8. The van der Waals surface area contributed by atoms with Crippen molar-refractivity contribution in [3.63, 3.8) is 0 Å². The Labute approximate surface area is 149 Å². The van der Waals surface area contributed by atoms with Gasteiger partial charge in [0.05, 0.1) is 10.0 Å². The van der Waals surface area contributed by atoms with Crippen molar-refractivity contribution in [1.82, 2.24) is 5.32 Å². The Hall–Kier alpha value is -1.53. The highest BCUT2D eigenvalue weighted by atomic mass is 35.5. The lowest BCUT2D eigenvalue weighted by Gasteiger charge is -2.14. The molecule has 3 N–H and O–H groups in total. The molecule has 0 saturated carbocycles. The van der Waals surface area contributed by atoms with Crippen molar-refractivity contribution in [3.05, 3.63) is 57.8 Å². The SMILES string of the molecule is Oc1ccc(OC[C@H](O)CNCCc2ccc(Cl)c(Cl)c2)c(F)c1. The van der Waals surface area contributed by atoms with Crippen LogP contribution in [0, 0.1) is 5.82 Å². The highest BCUT2D eigenvalue weighted by Gasteiger charge is 2.09. The maximum Gasteiger partial charge on any atom is 0.168 e. The number of rotatable bonds is 8. The summed E-state index contributed by atoms with van der Waals surface area (Å²) in [6.45, 7) is 0.894. The van der Waals surface area contributed by atoms with Crippen molar-refractivity contribution < 1.29 is 19.3 Å². The third kappa shape index (κ3) is 5.83. The maximum atomic E-state index is 13.5. The number of aromatic hydroxyl groups is 1. The van der Waals surface area contributed by atoms with Crippen molar-refractivity contribution >= 4 is 23.2 Å². The Bertz CT molecular complexity index is 685. The van der Waals surface area contributed by atoms with Gasteiger partial charge in [-0.05, 0) is 42.8 Å². The third-order valence-corrected chi connectivity index (χ3v) is 4.04. The summed E-state index contributed by atoms with van der Waals surface area (Å²) in [6, 6.07) is 9.03. The highest BCUT2D eigenvalue weighted by molar-refractivity contribution is 6.42. The molecule has 0 unspecified atom stereocenters. The van der Waals surface area contributed by atoms with Gasteiger partial charge in [-0.15, -0.1) is 0 Å². The predicted octanol–water partition coefficient (Wildman–Crippen LogP) is 3.41. The van der Waals surface area contributed by atoms with Gasteiger partial charge in [0.25, 0.3) is 0 Å². The fourth-order valence-electron chi connectivity index (χ4n) is 2.05. The van der Waals surface area contributed by atoms with Gasteiger partial charge < -0.3 is 20.3 Å². The molecular formula is C17H18Cl2FNO3. The number of aliphatic hydroxyl groups excluding tert-OH is 1. The van der Waals surface area contributed by atoms with Gasteiger partial charge >= 0.3 is 0 Å². The van der Waals surface area contributed by atoms with Crippen LogP contribution < -0.4 is 10.1 Å². The second-order valence-electron chi connectivity index (χ2n) is 5.28. The van der Waals surface area contributed by atoms with E-state index < -0.39 is 11.9 Å². The first-order valence-electron chi connectivity index (χ1n) is 7.39. The van der Waals surface area contributed by atoms with E-state index >= 15 is 0 Å². The van der Waals surface area contributed by atoms with Gasteiger partial charge in [0.2, 0.25) is 0 Å². The van der Waals surface area contributed by atoms with Crippen molar-refractivity contribution in [2.45, 2.75) is 12.5 Å². The molecule has 0 amide bonds. The average Bonchev–Trinajstić information content (AvgIpc) is 2.54. The second-order valence-corrected chi connectivity index (χ2v) is 6.10. The molecule has 0 spiro atoms. The number of hydrogen-bond acceptors (Lipinski definition) is 4. The minimum atomic E-state index is -0.785. The monoisotopic (exact) mass is 373 g/mol. The second kappa shape index (κ2) is 9.08. The number of phenols is 1. The summed E-state index contributed by atoms with van der Waals surface area (Å²) in [7, 11) is 0. The van der Waals surface area contributed by atoms with Crippen LogP contribution in [0.1, 0.15) is 5.56 Å². The molecule has 0 aliphatic rings. The van der Waals surface area contributed by atoms with E-state index in [0.717, 1.165) is 18.1 Å². The minimum Gasteiger partial charge on any atom is -0.508 e. The molecule has 0 bridgehead atoms. The first-order chi connectivity index (χ1) is 11.5. The molecule has 24 heavy (non-hydrogen) atoms. The van der Waals surface area contributed by atoms with Gasteiger partial charge in [0, 0.05) is 12.6 Å². The van der Waals surface area contributed by atoms with Gasteiger partial charge in [-0.2, -0.15) is 0 Å². The zero-order chi connectivity index (χ0) is 17.5. The van der Waals surface area contributed by atoms with E-state index in [0.29, 0.717) is 23.1 Å². The van der Waals surface area contributed by atoms with Gasteiger partial charge in [-0.3, -0.25) is 0 Å². The molecular weight excluding hydrogens is 356 g/mol. The Morgan fingerprint density at radius 2 is 1.92 bits per heavy atom. The summed E-state index contributed by atoms with van der Waals surface area (Å²) in [5, 5.41) is 23.1. The Morgan fingerprint density at radius 1 is 1.12 bits per heavy atom. The normalized spacial score (nSPS) is 12.2. The van der Waals surface area contributed by atoms with Crippen molar-refractivity contribution in [1.29, 1.82) is 0 Å². The number of hydrogen-bond donors (Lipinski definition) is 3. The van der Waals surface area contributed by atoms with E-state index in [1.165, 1.54) is 12.1 Å². The Kier molecular flexibility index (Phi) is 7.12. The summed E-state index contributed by atoms with van der Waals surface area (Å²) in [6.07, 6.45) is -0.0520. The quantitative estimate of drug-likeness (QED) is 0.620. The standard InChI is InChI=1S/C17H18Cl2FNO3/c18-14-3-1-11(7-15(14)19)5-6-21-9-13(23)10-24-17-4-2-12(22)8-16(17)20/h1-4,7-8,13,21-23H,5-6,9-10H2/t13-/m1/s1. The van der Waals surface area contributed by atoms with E-state index in [2.05, 4.69) is 5.32 Å². The van der Waals surface area contributed by atoms with Crippen LogP contribution in [0.3, 0.4) is 0 Å². The summed E-state index contributed by atoms with van der Waals surface area (Å²) in [4.78, 5) is 0. The lowest BCUT2D eigenvalue weighted by molar-refractivity contribution is 0.104. The largest absolute Gasteiger partial charge is 0.508 e. The van der Waals surface area contributed by atoms with Crippen molar-refractivity contribution in [3.8, 4) is 11.5 Å². The topological polar surface area (TPSA) is 61.7 Å². The number of benzene rings is 2. The third-order valence-electron chi connectivity index (χ3n) is 3.30. The minimum absolute atomic E-state index is 0.0114. The maximum absolute atomic E-state index is 13.5. The molecule has 2 rings (SSSR count). The fourth-order valence-corrected chi connectivity index (χ4v) is 2.37. The first-order valence-corrected chi connectivity index (χ1v) is 8.15. The summed E-state index contributed by atoms with van der Waals surface area (Å²) >= 11 is 11.8. The van der Waals surface area contributed by atoms with Gasteiger partial charge in [-0.1, -0.05) is 29.3 Å². The molecule has 1 atom stereocenters. The van der Waals surface area contributed by atoms with E-state index in [1.807, 2.05) is 6.07 Å². The number of phenolic OH excluding ortho intramolecular Hbond substituents is 1. The molecule has 0 radical (unpaired) electrons. The van der Waals surface area contributed by atoms with Crippen LogP contribution in [0.25, 0.3) is 0 Å². The molecule has 0 fully saturated rings. The molecule has 0 aliphatic heterocycles. The Morgan fingerprint density at radius 3 is 2.62 bits per heavy atom. The summed E-state index contributed by atoms with van der Waals surface area (Å²) in [5.74, 6) is -0.859. The fraction of sp³-hybridized carbons (Fsp3) is 0.294. The van der Waals surface area contributed by atoms with Gasteiger partial charge in [0.15, 0.2) is 11.6 Å². The molecule has 4 nitrogen and oxygen atoms in total. The van der Waals surface area contributed by atoms with E-state index in [9.17, 15) is 9.50 Å². The summed E-state index contributed by atoms with van der Waals surface area (Å²) in [5.41, 5.74) is 1.04. The van der Waals surface area contributed by atoms with Crippen LogP contribution in [0.2, 0.25) is 10.0 Å². The molecule has 0 aliphatic carbocycles. The van der Waals surface area contributed by atoms with E-state index in [-0.39, 0.29) is 18.1 Å². The Balaban J connectivity index is 1.67. The van der Waals surface area contributed by atoms with Crippen LogP contribution in [0.15, 0.2) is 36.4 Å². The summed E-state index contributed by atoms with van der Waals surface area (Å²) < 4.78 is 18.6. The smallest absolute Gasteiger partial charge is 0.168 e. The van der Waals surface area contributed by atoms with Crippen molar-refractivity contribution in [2.24, 2.45) is 0 Å². The molecule has 0 saturated heterocycles. The number of aliphatic hydroxyl groups is 1. The van der Waals surface area contributed by atoms with Gasteiger partial charge in [0.1, 0.15) is 18.5 Å². The van der Waals surface area contributed by atoms with Crippen LogP contribution in [-0.4, -0.2) is 36.0 Å². The predicted molar refractivity (Wildman–Crippen MR) is 92.6 cm³/mol. The van der Waals surface area contributed by atoms with Crippen LogP contribution in [-0.2, 0) is 6.42 Å². The number of halogens is 3. The molecule has 7 heteroatoms. The average molecular weight is 374 g/mol.